The molecule has 2 amide bonds. The molecule has 1 atom stereocenters. The first-order chi connectivity index (χ1) is 14.2. The Bertz CT molecular complexity index is 1040. The summed E-state index contributed by atoms with van der Waals surface area (Å²) < 4.78 is 25.5. The Labute approximate surface area is 182 Å². The van der Waals surface area contributed by atoms with Gasteiger partial charge in [0, 0.05) is 36.0 Å². The van der Waals surface area contributed by atoms with E-state index in [1.54, 1.807) is 34.4 Å². The summed E-state index contributed by atoms with van der Waals surface area (Å²) in [5.74, 6) is -0.462. The third-order valence-corrected chi connectivity index (χ3v) is 8.23. The molecule has 8 heteroatoms. The lowest BCUT2D eigenvalue weighted by Gasteiger charge is -2.22. The normalized spacial score (nSPS) is 15.8. The van der Waals surface area contributed by atoms with E-state index in [1.807, 2.05) is 32.2 Å². The number of amides is 2. The first kappa shape index (κ1) is 22.5. The summed E-state index contributed by atoms with van der Waals surface area (Å²) in [5.41, 5.74) is 2.86. The van der Waals surface area contributed by atoms with E-state index in [4.69, 9.17) is 0 Å². The number of fused-ring (bicyclic) bond motifs is 1. The number of thiophene rings is 1. The fourth-order valence-corrected chi connectivity index (χ4v) is 5.96. The molecule has 1 aliphatic rings. The summed E-state index contributed by atoms with van der Waals surface area (Å²) >= 11 is 1.66. The lowest BCUT2D eigenvalue weighted by Crippen LogP contribution is -2.35. The highest BCUT2D eigenvalue weighted by Gasteiger charge is 2.31. The zero-order chi connectivity index (χ0) is 21.9. The van der Waals surface area contributed by atoms with Gasteiger partial charge < -0.3 is 10.2 Å². The van der Waals surface area contributed by atoms with Gasteiger partial charge in [-0.2, -0.15) is 0 Å². The molecule has 0 aliphatic carbocycles. The van der Waals surface area contributed by atoms with Crippen LogP contribution in [-0.4, -0.2) is 38.6 Å². The fraction of sp³-hybridized carbons (Fsp3) is 0.455. The summed E-state index contributed by atoms with van der Waals surface area (Å²) in [6, 6.07) is 6.97. The smallest absolute Gasteiger partial charge is 0.226 e. The monoisotopic (exact) mass is 448 g/mol. The van der Waals surface area contributed by atoms with Crippen LogP contribution in [-0.2, 0) is 32.3 Å². The van der Waals surface area contributed by atoms with Crippen LogP contribution in [0.5, 0.6) is 0 Å². The Balaban J connectivity index is 1.58. The number of sulfone groups is 1. The molecule has 0 saturated heterocycles. The number of benzene rings is 1. The van der Waals surface area contributed by atoms with Crippen molar-refractivity contribution in [2.24, 2.45) is 0 Å². The second kappa shape index (κ2) is 9.31. The molecule has 0 saturated carbocycles. The number of carbonyl (C=O) groups excluding carboxylic acids is 2. The fourth-order valence-electron chi connectivity index (χ4n) is 3.76. The Morgan fingerprint density at radius 3 is 2.70 bits per heavy atom. The van der Waals surface area contributed by atoms with Gasteiger partial charge in [-0.15, -0.1) is 11.3 Å². The van der Waals surface area contributed by atoms with Gasteiger partial charge in [-0.05, 0) is 67.5 Å². The molecule has 162 valence electrons. The first-order valence-electron chi connectivity index (χ1n) is 10.2. The molecule has 1 aliphatic heterocycles. The van der Waals surface area contributed by atoms with Crippen LogP contribution < -0.4 is 10.2 Å². The second-order valence-corrected chi connectivity index (χ2v) is 10.8. The number of anilines is 1. The highest BCUT2D eigenvalue weighted by Crippen LogP contribution is 2.34. The van der Waals surface area contributed by atoms with E-state index in [0.29, 0.717) is 19.4 Å². The SMILES string of the molecule is CCC(=O)N1c2ccc(S(=O)(=O)CCC(=O)NCCc3sccc3C)cc2C[C@H]1C. The van der Waals surface area contributed by atoms with Crippen molar-refractivity contribution < 1.29 is 18.0 Å². The van der Waals surface area contributed by atoms with E-state index in [1.165, 1.54) is 10.4 Å². The van der Waals surface area contributed by atoms with Crippen molar-refractivity contribution in [1.29, 1.82) is 0 Å². The molecule has 1 aromatic heterocycles. The van der Waals surface area contributed by atoms with Crippen molar-refractivity contribution in [2.45, 2.75) is 57.4 Å². The zero-order valence-corrected chi connectivity index (χ0v) is 19.2. The van der Waals surface area contributed by atoms with Crippen molar-refractivity contribution in [3.63, 3.8) is 0 Å². The largest absolute Gasteiger partial charge is 0.356 e. The van der Waals surface area contributed by atoms with Crippen LogP contribution in [0.2, 0.25) is 0 Å². The molecule has 0 radical (unpaired) electrons. The summed E-state index contributed by atoms with van der Waals surface area (Å²) in [4.78, 5) is 27.5. The van der Waals surface area contributed by atoms with Crippen LogP contribution in [0.3, 0.4) is 0 Å². The van der Waals surface area contributed by atoms with Crippen molar-refractivity contribution in [2.75, 3.05) is 17.2 Å². The van der Waals surface area contributed by atoms with E-state index in [2.05, 4.69) is 5.32 Å². The van der Waals surface area contributed by atoms with Gasteiger partial charge in [0.15, 0.2) is 9.84 Å². The molecule has 0 spiro atoms. The number of rotatable bonds is 8. The minimum absolute atomic E-state index is 0.0168. The number of nitrogens with one attached hydrogen (secondary N) is 1. The average Bonchev–Trinajstić information content (AvgIpc) is 3.27. The average molecular weight is 449 g/mol. The standard InChI is InChI=1S/C22H28N2O4S2/c1-4-22(26)24-16(3)13-17-14-18(5-6-19(17)24)30(27,28)12-9-21(25)23-10-7-20-15(2)8-11-29-20/h5-6,8,11,14,16H,4,7,9-10,12-13H2,1-3H3,(H,23,25)/t16-/m1/s1. The van der Waals surface area contributed by atoms with Gasteiger partial charge in [-0.3, -0.25) is 9.59 Å². The third-order valence-electron chi connectivity index (χ3n) is 5.44. The molecule has 2 aromatic rings. The van der Waals surface area contributed by atoms with Gasteiger partial charge in [0.1, 0.15) is 0 Å². The molecule has 3 rings (SSSR count). The number of hydrogen-bond donors (Lipinski definition) is 1. The molecular formula is C22H28N2O4S2. The van der Waals surface area contributed by atoms with E-state index >= 15 is 0 Å². The number of hydrogen-bond acceptors (Lipinski definition) is 5. The summed E-state index contributed by atoms with van der Waals surface area (Å²) in [6.07, 6.45) is 1.72. The van der Waals surface area contributed by atoms with Gasteiger partial charge >= 0.3 is 0 Å². The van der Waals surface area contributed by atoms with Gasteiger partial charge in [-0.1, -0.05) is 6.92 Å². The summed E-state index contributed by atoms with van der Waals surface area (Å²) in [6.45, 7) is 6.31. The third kappa shape index (κ3) is 4.92. The van der Waals surface area contributed by atoms with Crippen molar-refractivity contribution >= 4 is 38.7 Å². The van der Waals surface area contributed by atoms with Crippen molar-refractivity contribution in [1.82, 2.24) is 5.32 Å². The second-order valence-electron chi connectivity index (χ2n) is 7.66. The molecular weight excluding hydrogens is 420 g/mol. The molecule has 1 N–H and O–H groups in total. The van der Waals surface area contributed by atoms with Gasteiger partial charge in [0.25, 0.3) is 0 Å². The molecule has 6 nitrogen and oxygen atoms in total. The molecule has 0 bridgehead atoms. The maximum absolute atomic E-state index is 12.7. The number of carbonyl (C=O) groups is 2. The van der Waals surface area contributed by atoms with E-state index in [0.717, 1.165) is 17.7 Å². The predicted molar refractivity (Wildman–Crippen MR) is 120 cm³/mol. The van der Waals surface area contributed by atoms with Crippen LogP contribution in [0.25, 0.3) is 0 Å². The minimum Gasteiger partial charge on any atom is -0.356 e. The molecule has 0 unspecified atom stereocenters. The van der Waals surface area contributed by atoms with E-state index in [-0.39, 0.29) is 34.9 Å². The molecule has 30 heavy (non-hydrogen) atoms. The highest BCUT2D eigenvalue weighted by atomic mass is 32.2. The first-order valence-corrected chi connectivity index (χ1v) is 12.7. The topological polar surface area (TPSA) is 83.6 Å². The van der Waals surface area contributed by atoms with Crippen LogP contribution in [0.1, 0.15) is 42.7 Å². The van der Waals surface area contributed by atoms with Crippen molar-refractivity contribution in [3.8, 4) is 0 Å². The number of aryl methyl sites for hydroxylation is 1. The van der Waals surface area contributed by atoms with Crippen LogP contribution >= 0.6 is 11.3 Å². The van der Waals surface area contributed by atoms with Crippen LogP contribution in [0.4, 0.5) is 5.69 Å². The summed E-state index contributed by atoms with van der Waals surface area (Å²) in [5, 5.41) is 4.83. The van der Waals surface area contributed by atoms with Crippen molar-refractivity contribution in [3.05, 3.63) is 45.6 Å². The van der Waals surface area contributed by atoms with E-state index < -0.39 is 9.84 Å². The maximum Gasteiger partial charge on any atom is 0.226 e. The van der Waals surface area contributed by atoms with Gasteiger partial charge in [0.2, 0.25) is 11.8 Å². The van der Waals surface area contributed by atoms with Gasteiger partial charge in [0.05, 0.1) is 10.6 Å². The quantitative estimate of drug-likeness (QED) is 0.672. The maximum atomic E-state index is 12.7. The predicted octanol–water partition coefficient (Wildman–Crippen LogP) is 3.27. The van der Waals surface area contributed by atoms with Gasteiger partial charge in [-0.25, -0.2) is 8.42 Å². The Morgan fingerprint density at radius 1 is 1.27 bits per heavy atom. The molecule has 1 aromatic carbocycles. The van der Waals surface area contributed by atoms with E-state index in [9.17, 15) is 18.0 Å². The Kier molecular flexibility index (Phi) is 6.98. The Hall–Kier alpha value is -2.19. The minimum atomic E-state index is -3.57. The van der Waals surface area contributed by atoms with Crippen LogP contribution in [0, 0.1) is 6.92 Å². The van der Waals surface area contributed by atoms with Crippen LogP contribution in [0.15, 0.2) is 34.5 Å². The summed E-state index contributed by atoms with van der Waals surface area (Å²) in [7, 11) is -3.57. The Morgan fingerprint density at radius 2 is 2.03 bits per heavy atom. The number of nitrogens with zero attached hydrogens (tertiary/aromatic N) is 1. The molecule has 2 heterocycles. The lowest BCUT2D eigenvalue weighted by atomic mass is 10.1. The zero-order valence-electron chi connectivity index (χ0n) is 17.6. The molecule has 0 fully saturated rings. The lowest BCUT2D eigenvalue weighted by molar-refractivity contribution is -0.120. The highest BCUT2D eigenvalue weighted by molar-refractivity contribution is 7.91.